The second-order valence-corrected chi connectivity index (χ2v) is 6.16. The molecule has 8 nitrogen and oxygen atoms in total. The summed E-state index contributed by atoms with van der Waals surface area (Å²) in [6, 6.07) is 1.78. The molecule has 1 aromatic heterocycles. The van der Waals surface area contributed by atoms with Crippen LogP contribution in [0.25, 0.3) is 0 Å². The first kappa shape index (κ1) is 16.6. The molecule has 1 aliphatic heterocycles. The molecule has 0 unspecified atom stereocenters. The molecule has 8 heteroatoms. The van der Waals surface area contributed by atoms with Crippen molar-refractivity contribution in [3.8, 4) is 0 Å². The Hall–Kier alpha value is -2.22. The predicted molar refractivity (Wildman–Crippen MR) is 87.4 cm³/mol. The van der Waals surface area contributed by atoms with Gasteiger partial charge >= 0.3 is 0 Å². The number of aromatic nitrogens is 2. The molecule has 3 rings (SSSR count). The number of piperazine rings is 1. The average molecular weight is 333 g/mol. The summed E-state index contributed by atoms with van der Waals surface area (Å²) in [4.78, 5) is 37.4. The van der Waals surface area contributed by atoms with Crippen molar-refractivity contribution >= 4 is 17.8 Å². The zero-order valence-corrected chi connectivity index (χ0v) is 13.9. The highest BCUT2D eigenvalue weighted by atomic mass is 16.5. The van der Waals surface area contributed by atoms with Crippen molar-refractivity contribution in [3.63, 3.8) is 0 Å². The molecule has 1 saturated heterocycles. The Morgan fingerprint density at radius 3 is 2.46 bits per heavy atom. The van der Waals surface area contributed by atoms with Gasteiger partial charge in [-0.1, -0.05) is 0 Å². The van der Waals surface area contributed by atoms with Gasteiger partial charge in [0, 0.05) is 52.2 Å². The number of anilines is 1. The summed E-state index contributed by atoms with van der Waals surface area (Å²) in [6.45, 7) is 3.41. The Kier molecular flexibility index (Phi) is 4.94. The first-order valence-electron chi connectivity index (χ1n) is 8.26. The molecule has 2 heterocycles. The standard InChI is InChI=1S/C16H23N5O3/c1-24-12-7-17-13(22)16(3-4-16)14(23)20-8-10-21(11-9-20)15-18-5-2-6-19-15/h2,5-6H,3-4,7-12H2,1H3,(H,17,22). The molecule has 1 saturated carbocycles. The van der Waals surface area contributed by atoms with E-state index in [1.165, 1.54) is 0 Å². The molecule has 0 spiro atoms. The maximum Gasteiger partial charge on any atom is 0.238 e. The molecule has 0 atom stereocenters. The second kappa shape index (κ2) is 7.12. The molecule has 0 aromatic carbocycles. The molecule has 2 fully saturated rings. The van der Waals surface area contributed by atoms with Crippen molar-refractivity contribution in [2.45, 2.75) is 12.8 Å². The van der Waals surface area contributed by atoms with E-state index in [0.29, 0.717) is 58.1 Å². The summed E-state index contributed by atoms with van der Waals surface area (Å²) < 4.78 is 4.93. The monoisotopic (exact) mass is 333 g/mol. The third kappa shape index (κ3) is 3.33. The number of amides is 2. The van der Waals surface area contributed by atoms with Gasteiger partial charge in [0.05, 0.1) is 6.61 Å². The lowest BCUT2D eigenvalue weighted by Gasteiger charge is -2.36. The van der Waals surface area contributed by atoms with Crippen LogP contribution in [0.3, 0.4) is 0 Å². The number of carbonyl (C=O) groups excluding carboxylic acids is 2. The van der Waals surface area contributed by atoms with Gasteiger partial charge in [-0.25, -0.2) is 9.97 Å². The number of carbonyl (C=O) groups is 2. The molecule has 1 aromatic rings. The van der Waals surface area contributed by atoms with Crippen LogP contribution >= 0.6 is 0 Å². The SMILES string of the molecule is COCCNC(=O)C1(C(=O)N2CCN(c3ncccn3)CC2)CC1. The zero-order chi connectivity index (χ0) is 17.0. The number of methoxy groups -OCH3 is 1. The highest BCUT2D eigenvalue weighted by Crippen LogP contribution is 2.47. The third-order valence-corrected chi connectivity index (χ3v) is 4.59. The van der Waals surface area contributed by atoms with Gasteiger partial charge in [0.2, 0.25) is 17.8 Å². The van der Waals surface area contributed by atoms with Gasteiger partial charge in [-0.15, -0.1) is 0 Å². The highest BCUT2D eigenvalue weighted by molar-refractivity contribution is 6.07. The normalized spacial score (nSPS) is 19.0. The zero-order valence-electron chi connectivity index (χ0n) is 13.9. The quantitative estimate of drug-likeness (QED) is 0.566. The smallest absolute Gasteiger partial charge is 0.238 e. The fraction of sp³-hybridized carbons (Fsp3) is 0.625. The van der Waals surface area contributed by atoms with E-state index < -0.39 is 5.41 Å². The topological polar surface area (TPSA) is 87.7 Å². The third-order valence-electron chi connectivity index (χ3n) is 4.59. The first-order chi connectivity index (χ1) is 11.7. The van der Waals surface area contributed by atoms with Crippen LogP contribution in [0.2, 0.25) is 0 Å². The van der Waals surface area contributed by atoms with Gasteiger partial charge in [-0.3, -0.25) is 9.59 Å². The van der Waals surface area contributed by atoms with Crippen LogP contribution < -0.4 is 10.2 Å². The van der Waals surface area contributed by atoms with Crippen molar-refractivity contribution in [2.75, 3.05) is 51.3 Å². The van der Waals surface area contributed by atoms with E-state index in [4.69, 9.17) is 4.74 Å². The number of nitrogens with one attached hydrogen (secondary N) is 1. The van der Waals surface area contributed by atoms with Crippen LogP contribution in [-0.2, 0) is 14.3 Å². The highest BCUT2D eigenvalue weighted by Gasteiger charge is 2.58. The summed E-state index contributed by atoms with van der Waals surface area (Å²) >= 11 is 0. The average Bonchev–Trinajstić information content (AvgIpc) is 3.44. The molecule has 1 N–H and O–H groups in total. The van der Waals surface area contributed by atoms with E-state index in [9.17, 15) is 9.59 Å². The number of hydrogen-bond donors (Lipinski definition) is 1. The Labute approximate surface area is 141 Å². The van der Waals surface area contributed by atoms with Gasteiger partial charge in [0.15, 0.2) is 0 Å². The lowest BCUT2D eigenvalue weighted by Crippen LogP contribution is -2.53. The van der Waals surface area contributed by atoms with E-state index >= 15 is 0 Å². The number of hydrogen-bond acceptors (Lipinski definition) is 6. The van der Waals surface area contributed by atoms with Crippen LogP contribution in [0, 0.1) is 5.41 Å². The first-order valence-corrected chi connectivity index (χ1v) is 8.26. The molecular formula is C16H23N5O3. The van der Waals surface area contributed by atoms with Crippen molar-refractivity contribution in [1.82, 2.24) is 20.2 Å². The number of ether oxygens (including phenoxy) is 1. The maximum atomic E-state index is 12.8. The van der Waals surface area contributed by atoms with Gasteiger partial charge in [-0.2, -0.15) is 0 Å². The van der Waals surface area contributed by atoms with E-state index in [1.807, 2.05) is 0 Å². The van der Waals surface area contributed by atoms with Gasteiger partial charge < -0.3 is 19.9 Å². The van der Waals surface area contributed by atoms with Gasteiger partial charge in [0.1, 0.15) is 5.41 Å². The maximum absolute atomic E-state index is 12.8. The molecule has 2 aliphatic rings. The van der Waals surface area contributed by atoms with Crippen molar-refractivity contribution in [1.29, 1.82) is 0 Å². The molecule has 1 aliphatic carbocycles. The molecule has 0 bridgehead atoms. The van der Waals surface area contributed by atoms with Crippen LogP contribution in [0.1, 0.15) is 12.8 Å². The van der Waals surface area contributed by atoms with E-state index in [-0.39, 0.29) is 11.8 Å². The Morgan fingerprint density at radius 1 is 1.21 bits per heavy atom. The summed E-state index contributed by atoms with van der Waals surface area (Å²) in [5.74, 6) is 0.465. The lowest BCUT2D eigenvalue weighted by atomic mass is 10.0. The fourth-order valence-electron chi connectivity index (χ4n) is 2.97. The molecule has 0 radical (unpaired) electrons. The molecular weight excluding hydrogens is 310 g/mol. The fourth-order valence-corrected chi connectivity index (χ4v) is 2.97. The second-order valence-electron chi connectivity index (χ2n) is 6.16. The Bertz CT molecular complexity index is 583. The van der Waals surface area contributed by atoms with Crippen LogP contribution in [-0.4, -0.2) is 73.1 Å². The largest absolute Gasteiger partial charge is 0.383 e. The van der Waals surface area contributed by atoms with Crippen molar-refractivity contribution in [3.05, 3.63) is 18.5 Å². The molecule has 24 heavy (non-hydrogen) atoms. The predicted octanol–water partition coefficient (Wildman–Crippen LogP) is -0.332. The summed E-state index contributed by atoms with van der Waals surface area (Å²) in [5, 5.41) is 2.80. The number of rotatable bonds is 6. The Morgan fingerprint density at radius 2 is 1.88 bits per heavy atom. The van der Waals surface area contributed by atoms with Crippen LogP contribution in [0.15, 0.2) is 18.5 Å². The van der Waals surface area contributed by atoms with Gasteiger partial charge in [-0.05, 0) is 18.9 Å². The minimum atomic E-state index is -0.848. The van der Waals surface area contributed by atoms with Crippen LogP contribution in [0.5, 0.6) is 0 Å². The summed E-state index contributed by atoms with van der Waals surface area (Å²) in [7, 11) is 1.58. The van der Waals surface area contributed by atoms with Gasteiger partial charge in [0.25, 0.3) is 0 Å². The van der Waals surface area contributed by atoms with Crippen molar-refractivity contribution in [2.24, 2.45) is 5.41 Å². The summed E-state index contributed by atoms with van der Waals surface area (Å²) in [5.41, 5.74) is -0.848. The minimum Gasteiger partial charge on any atom is -0.383 e. The van der Waals surface area contributed by atoms with Crippen LogP contribution in [0.4, 0.5) is 5.95 Å². The Balaban J connectivity index is 1.54. The van der Waals surface area contributed by atoms with Crippen molar-refractivity contribution < 1.29 is 14.3 Å². The van der Waals surface area contributed by atoms with E-state index in [2.05, 4.69) is 20.2 Å². The van der Waals surface area contributed by atoms with E-state index in [1.54, 1.807) is 30.5 Å². The lowest BCUT2D eigenvalue weighted by molar-refractivity contribution is -0.144. The summed E-state index contributed by atoms with van der Waals surface area (Å²) in [6.07, 6.45) is 4.69. The van der Waals surface area contributed by atoms with E-state index in [0.717, 1.165) is 0 Å². The number of nitrogens with zero attached hydrogens (tertiary/aromatic N) is 4. The molecule has 2 amide bonds. The molecule has 130 valence electrons. The minimum absolute atomic E-state index is 0.0500.